The van der Waals surface area contributed by atoms with Crippen LogP contribution in [0.4, 0.5) is 4.79 Å². The van der Waals surface area contributed by atoms with Crippen LogP contribution in [0.3, 0.4) is 0 Å². The Labute approximate surface area is 198 Å². The zero-order valence-electron chi connectivity index (χ0n) is 21.6. The van der Waals surface area contributed by atoms with Crippen LogP contribution in [0.1, 0.15) is 124 Å². The monoisotopic (exact) mass is 456 g/mol. The van der Waals surface area contributed by atoms with E-state index in [1.54, 1.807) is 0 Å². The summed E-state index contributed by atoms with van der Waals surface area (Å²) in [5, 5.41) is 5.52. The van der Waals surface area contributed by atoms with Crippen LogP contribution in [0.25, 0.3) is 0 Å². The lowest BCUT2D eigenvalue weighted by Gasteiger charge is -2.19. The summed E-state index contributed by atoms with van der Waals surface area (Å²) in [6.07, 6.45) is 18.6. The van der Waals surface area contributed by atoms with Crippen LogP contribution in [0.5, 0.6) is 0 Å². The standard InChI is InChI=1S/C26H52N2O4/c1-5-6-7-8-9-10-11-12-13-14-15-16-17-18-19-24(29)27-20-22-31-23-21-28-25(30)32-26(2,3)4/h5-23H2,1-4H3,(H,27,29)(H,28,30). The Morgan fingerprint density at radius 3 is 1.56 bits per heavy atom. The largest absolute Gasteiger partial charge is 0.444 e. The highest BCUT2D eigenvalue weighted by Gasteiger charge is 2.15. The molecule has 0 atom stereocenters. The van der Waals surface area contributed by atoms with Crippen LogP contribution in [0.2, 0.25) is 0 Å². The zero-order valence-corrected chi connectivity index (χ0v) is 21.6. The molecule has 0 aromatic heterocycles. The van der Waals surface area contributed by atoms with Gasteiger partial charge in [-0.1, -0.05) is 90.4 Å². The van der Waals surface area contributed by atoms with Crippen LogP contribution in [-0.4, -0.2) is 43.9 Å². The van der Waals surface area contributed by atoms with Gasteiger partial charge in [-0.3, -0.25) is 4.79 Å². The minimum Gasteiger partial charge on any atom is -0.444 e. The first-order valence-electron chi connectivity index (χ1n) is 13.2. The number of ether oxygens (including phenoxy) is 2. The van der Waals surface area contributed by atoms with Gasteiger partial charge in [-0.15, -0.1) is 0 Å². The maximum atomic E-state index is 11.8. The lowest BCUT2D eigenvalue weighted by Crippen LogP contribution is -2.34. The lowest BCUT2D eigenvalue weighted by molar-refractivity contribution is -0.121. The van der Waals surface area contributed by atoms with E-state index in [0.717, 1.165) is 12.8 Å². The molecule has 2 amide bonds. The van der Waals surface area contributed by atoms with Gasteiger partial charge in [-0.05, 0) is 27.2 Å². The van der Waals surface area contributed by atoms with Gasteiger partial charge in [0.05, 0.1) is 13.2 Å². The third-order valence-electron chi connectivity index (χ3n) is 5.24. The van der Waals surface area contributed by atoms with Crippen molar-refractivity contribution in [2.24, 2.45) is 0 Å². The van der Waals surface area contributed by atoms with Gasteiger partial charge in [-0.25, -0.2) is 4.79 Å². The van der Waals surface area contributed by atoms with Gasteiger partial charge in [0.2, 0.25) is 5.91 Å². The first-order chi connectivity index (χ1) is 15.3. The van der Waals surface area contributed by atoms with Crippen LogP contribution in [0, 0.1) is 0 Å². The SMILES string of the molecule is CCCCCCCCCCCCCCCCC(=O)NCCOCCNC(=O)OC(C)(C)C. The second-order valence-electron chi connectivity index (χ2n) is 9.74. The highest BCUT2D eigenvalue weighted by atomic mass is 16.6. The van der Waals surface area contributed by atoms with Crippen molar-refractivity contribution in [1.82, 2.24) is 10.6 Å². The average molecular weight is 457 g/mol. The van der Waals surface area contributed by atoms with Crippen molar-refractivity contribution in [3.05, 3.63) is 0 Å². The normalized spacial score (nSPS) is 11.4. The maximum absolute atomic E-state index is 11.8. The predicted molar refractivity (Wildman–Crippen MR) is 133 cm³/mol. The fourth-order valence-electron chi connectivity index (χ4n) is 3.47. The molecule has 0 aromatic carbocycles. The van der Waals surface area contributed by atoms with Crippen molar-refractivity contribution in [1.29, 1.82) is 0 Å². The minimum atomic E-state index is -0.498. The van der Waals surface area contributed by atoms with E-state index in [4.69, 9.17) is 9.47 Å². The number of carbonyl (C=O) groups is 2. The molecular formula is C26H52N2O4. The molecule has 2 N–H and O–H groups in total. The van der Waals surface area contributed by atoms with Gasteiger partial charge >= 0.3 is 6.09 Å². The topological polar surface area (TPSA) is 76.7 Å². The Morgan fingerprint density at radius 1 is 0.656 bits per heavy atom. The summed E-state index contributed by atoms with van der Waals surface area (Å²) in [6, 6.07) is 0. The number of amides is 2. The molecule has 0 saturated heterocycles. The van der Waals surface area contributed by atoms with Crippen molar-refractivity contribution in [3.63, 3.8) is 0 Å². The van der Waals surface area contributed by atoms with E-state index in [-0.39, 0.29) is 5.91 Å². The fraction of sp³-hybridized carbons (Fsp3) is 0.923. The van der Waals surface area contributed by atoms with E-state index in [9.17, 15) is 9.59 Å². The number of unbranched alkanes of at least 4 members (excludes halogenated alkanes) is 13. The highest BCUT2D eigenvalue weighted by molar-refractivity contribution is 5.75. The molecular weight excluding hydrogens is 404 g/mol. The summed E-state index contributed by atoms with van der Waals surface area (Å²) in [5.74, 6) is 0.0967. The summed E-state index contributed by atoms with van der Waals surface area (Å²) in [6.45, 7) is 9.48. The summed E-state index contributed by atoms with van der Waals surface area (Å²) >= 11 is 0. The van der Waals surface area contributed by atoms with Crippen LogP contribution >= 0.6 is 0 Å². The Morgan fingerprint density at radius 2 is 1.09 bits per heavy atom. The third kappa shape index (κ3) is 25.0. The Balaban J connectivity index is 3.26. The molecule has 0 heterocycles. The molecule has 6 heteroatoms. The summed E-state index contributed by atoms with van der Waals surface area (Å²) in [5.41, 5.74) is -0.498. The number of hydrogen-bond donors (Lipinski definition) is 2. The van der Waals surface area contributed by atoms with E-state index >= 15 is 0 Å². The number of nitrogens with one attached hydrogen (secondary N) is 2. The van der Waals surface area contributed by atoms with Crippen molar-refractivity contribution in [2.45, 2.75) is 130 Å². The molecule has 0 saturated carbocycles. The molecule has 0 unspecified atom stereocenters. The summed E-state index contributed by atoms with van der Waals surface area (Å²) < 4.78 is 10.5. The Kier molecular flexibility index (Phi) is 20.7. The van der Waals surface area contributed by atoms with Gasteiger partial charge in [-0.2, -0.15) is 0 Å². The molecule has 0 bridgehead atoms. The molecule has 0 aromatic rings. The summed E-state index contributed by atoms with van der Waals surface area (Å²) in [4.78, 5) is 23.3. The van der Waals surface area contributed by atoms with Crippen LogP contribution in [0.15, 0.2) is 0 Å². The lowest BCUT2D eigenvalue weighted by atomic mass is 10.0. The average Bonchev–Trinajstić information content (AvgIpc) is 2.72. The smallest absolute Gasteiger partial charge is 0.407 e. The van der Waals surface area contributed by atoms with Gasteiger partial charge in [0, 0.05) is 19.5 Å². The third-order valence-corrected chi connectivity index (χ3v) is 5.24. The molecule has 32 heavy (non-hydrogen) atoms. The molecule has 0 aliphatic carbocycles. The second kappa shape index (κ2) is 21.5. The number of hydrogen-bond acceptors (Lipinski definition) is 4. The molecule has 6 nitrogen and oxygen atoms in total. The Bertz CT molecular complexity index is 450. The summed E-state index contributed by atoms with van der Waals surface area (Å²) in [7, 11) is 0. The van der Waals surface area contributed by atoms with Crippen molar-refractivity contribution in [2.75, 3.05) is 26.3 Å². The molecule has 0 fully saturated rings. The number of alkyl carbamates (subject to hydrolysis) is 1. The molecule has 0 aliphatic rings. The zero-order chi connectivity index (χ0) is 23.9. The second-order valence-corrected chi connectivity index (χ2v) is 9.74. The van der Waals surface area contributed by atoms with Crippen molar-refractivity contribution >= 4 is 12.0 Å². The van der Waals surface area contributed by atoms with Gasteiger partial charge in [0.1, 0.15) is 5.60 Å². The minimum absolute atomic E-state index is 0.0967. The van der Waals surface area contributed by atoms with Crippen LogP contribution in [-0.2, 0) is 14.3 Å². The van der Waals surface area contributed by atoms with Gasteiger partial charge in [0.25, 0.3) is 0 Å². The molecule has 0 spiro atoms. The number of carbonyl (C=O) groups excluding carboxylic acids is 2. The quantitative estimate of drug-likeness (QED) is 0.193. The molecule has 190 valence electrons. The van der Waals surface area contributed by atoms with Crippen molar-refractivity contribution in [3.8, 4) is 0 Å². The van der Waals surface area contributed by atoms with E-state index in [2.05, 4.69) is 17.6 Å². The van der Waals surface area contributed by atoms with Gasteiger partial charge in [0.15, 0.2) is 0 Å². The maximum Gasteiger partial charge on any atom is 0.407 e. The van der Waals surface area contributed by atoms with E-state index < -0.39 is 11.7 Å². The fourth-order valence-corrected chi connectivity index (χ4v) is 3.47. The number of rotatable bonds is 21. The van der Waals surface area contributed by atoms with Gasteiger partial charge < -0.3 is 20.1 Å². The highest BCUT2D eigenvalue weighted by Crippen LogP contribution is 2.13. The first kappa shape index (κ1) is 30.7. The molecule has 0 radical (unpaired) electrons. The predicted octanol–water partition coefficient (Wildman–Crippen LogP) is 6.52. The van der Waals surface area contributed by atoms with Crippen LogP contribution < -0.4 is 10.6 Å². The van der Waals surface area contributed by atoms with E-state index in [1.165, 1.54) is 77.0 Å². The molecule has 0 rings (SSSR count). The van der Waals surface area contributed by atoms with E-state index in [0.29, 0.717) is 32.7 Å². The molecule has 0 aliphatic heterocycles. The van der Waals surface area contributed by atoms with E-state index in [1.807, 2.05) is 20.8 Å². The van der Waals surface area contributed by atoms with Crippen molar-refractivity contribution < 1.29 is 19.1 Å². The Hall–Kier alpha value is -1.30. The first-order valence-corrected chi connectivity index (χ1v) is 13.2.